The molecule has 54 heavy (non-hydrogen) atoms. The number of anilines is 3. The largest absolute Gasteiger partial charge is 0.311 e. The topological polar surface area (TPSA) is 3.24 Å². The van der Waals surface area contributed by atoms with Crippen LogP contribution in [0.5, 0.6) is 0 Å². The van der Waals surface area contributed by atoms with E-state index in [2.05, 4.69) is 219 Å². The van der Waals surface area contributed by atoms with Crippen LogP contribution in [0.1, 0.15) is 6.92 Å². The van der Waals surface area contributed by atoms with Crippen molar-refractivity contribution >= 4 is 61.5 Å². The van der Waals surface area contributed by atoms with Crippen LogP contribution in [0.15, 0.2) is 201 Å². The summed E-state index contributed by atoms with van der Waals surface area (Å²) in [4.78, 5) is 2.33. The second-order valence-corrected chi connectivity index (χ2v) is 13.7. The second kappa shape index (κ2) is 14.2. The monoisotopic (exact) mass is 689 g/mol. The maximum absolute atomic E-state index is 3.92. The summed E-state index contributed by atoms with van der Waals surface area (Å²) in [6.07, 6.45) is 6.14. The Labute approximate surface area is 316 Å². The lowest BCUT2D eigenvalue weighted by Gasteiger charge is -2.26. The van der Waals surface area contributed by atoms with Gasteiger partial charge in [-0.2, -0.15) is 0 Å². The molecule has 9 aromatic rings. The summed E-state index contributed by atoms with van der Waals surface area (Å²) in [5.41, 5.74) is 10.6. The summed E-state index contributed by atoms with van der Waals surface area (Å²) < 4.78 is 0. The minimum atomic E-state index is 1.11. The van der Waals surface area contributed by atoms with E-state index in [0.29, 0.717) is 0 Å². The quantitative estimate of drug-likeness (QED) is 0.151. The highest BCUT2D eigenvalue weighted by Crippen LogP contribution is 2.39. The number of rotatable bonds is 7. The molecule has 9 aromatic carbocycles. The molecule has 0 amide bonds. The zero-order valence-corrected chi connectivity index (χ0v) is 30.3. The number of nitrogens with zero attached hydrogens (tertiary/aromatic N) is 1. The SMILES string of the molecule is C=C/C=c1/ccc2c(ccc3ccc(-c4ccc(N(c5ccccc5)c5ccc(-c6ccc(-c7ccccc7)c7ccccc67)cc5)cc4)cc32)/c1=C/C. The van der Waals surface area contributed by atoms with E-state index in [1.165, 1.54) is 76.1 Å². The first-order valence-corrected chi connectivity index (χ1v) is 18.6. The lowest BCUT2D eigenvalue weighted by Crippen LogP contribution is -2.24. The highest BCUT2D eigenvalue weighted by atomic mass is 15.1. The molecule has 0 saturated carbocycles. The molecule has 0 heterocycles. The summed E-state index contributed by atoms with van der Waals surface area (Å²) >= 11 is 0. The third kappa shape index (κ3) is 5.96. The van der Waals surface area contributed by atoms with E-state index in [-0.39, 0.29) is 0 Å². The van der Waals surface area contributed by atoms with Gasteiger partial charge in [0.25, 0.3) is 0 Å². The predicted octanol–water partition coefficient (Wildman–Crippen LogP) is 13.4. The number of benzene rings is 9. The minimum Gasteiger partial charge on any atom is -0.311 e. The van der Waals surface area contributed by atoms with E-state index in [4.69, 9.17) is 0 Å². The summed E-state index contributed by atoms with van der Waals surface area (Å²) in [7, 11) is 0. The van der Waals surface area contributed by atoms with E-state index in [1.54, 1.807) is 0 Å². The highest BCUT2D eigenvalue weighted by Gasteiger charge is 2.15. The van der Waals surface area contributed by atoms with Crippen LogP contribution in [0.25, 0.3) is 77.9 Å². The van der Waals surface area contributed by atoms with Gasteiger partial charge in [0.15, 0.2) is 0 Å². The molecule has 0 aliphatic carbocycles. The molecule has 0 fully saturated rings. The van der Waals surface area contributed by atoms with Crippen LogP contribution < -0.4 is 15.3 Å². The normalized spacial score (nSPS) is 12.1. The summed E-state index contributed by atoms with van der Waals surface area (Å²) in [5.74, 6) is 0. The third-order valence-corrected chi connectivity index (χ3v) is 10.6. The van der Waals surface area contributed by atoms with Crippen molar-refractivity contribution in [3.63, 3.8) is 0 Å². The van der Waals surface area contributed by atoms with Crippen LogP contribution in [0.4, 0.5) is 17.1 Å². The number of fused-ring (bicyclic) bond motifs is 4. The van der Waals surface area contributed by atoms with E-state index < -0.39 is 0 Å². The summed E-state index contributed by atoms with van der Waals surface area (Å²) in [6.45, 7) is 6.03. The zero-order valence-electron chi connectivity index (χ0n) is 30.3. The van der Waals surface area contributed by atoms with Gasteiger partial charge in [0.2, 0.25) is 0 Å². The van der Waals surface area contributed by atoms with Crippen molar-refractivity contribution in [1.29, 1.82) is 0 Å². The van der Waals surface area contributed by atoms with Crippen molar-refractivity contribution in [3.05, 3.63) is 211 Å². The molecule has 0 saturated heterocycles. The fourth-order valence-electron chi connectivity index (χ4n) is 7.99. The van der Waals surface area contributed by atoms with E-state index in [9.17, 15) is 0 Å². The Morgan fingerprint density at radius 2 is 0.926 bits per heavy atom. The molecule has 0 bridgehead atoms. The molecular formula is C53H39N. The van der Waals surface area contributed by atoms with Crippen LogP contribution in [-0.2, 0) is 0 Å². The van der Waals surface area contributed by atoms with Crippen LogP contribution in [0, 0.1) is 0 Å². The highest BCUT2D eigenvalue weighted by molar-refractivity contribution is 6.09. The van der Waals surface area contributed by atoms with Crippen LogP contribution in [-0.4, -0.2) is 0 Å². The summed E-state index contributed by atoms with van der Waals surface area (Å²) in [5, 5.41) is 9.97. The van der Waals surface area contributed by atoms with Crippen molar-refractivity contribution in [2.45, 2.75) is 6.92 Å². The Morgan fingerprint density at radius 3 is 1.56 bits per heavy atom. The molecule has 9 rings (SSSR count). The van der Waals surface area contributed by atoms with Crippen molar-refractivity contribution in [3.8, 4) is 33.4 Å². The first-order valence-electron chi connectivity index (χ1n) is 18.6. The third-order valence-electron chi connectivity index (χ3n) is 10.6. The number of para-hydroxylation sites is 1. The number of hydrogen-bond donors (Lipinski definition) is 0. The Bertz CT molecular complexity index is 2920. The summed E-state index contributed by atoms with van der Waals surface area (Å²) in [6, 6.07) is 68.2. The molecule has 0 radical (unpaired) electrons. The fourth-order valence-corrected chi connectivity index (χ4v) is 7.99. The van der Waals surface area contributed by atoms with Crippen LogP contribution in [0.3, 0.4) is 0 Å². The predicted molar refractivity (Wildman–Crippen MR) is 234 cm³/mol. The van der Waals surface area contributed by atoms with Crippen molar-refractivity contribution in [2.75, 3.05) is 4.90 Å². The van der Waals surface area contributed by atoms with E-state index in [1.807, 2.05) is 6.08 Å². The zero-order chi connectivity index (χ0) is 36.4. The molecule has 0 spiro atoms. The molecule has 0 aromatic heterocycles. The lowest BCUT2D eigenvalue weighted by molar-refractivity contribution is 1.28. The maximum atomic E-state index is 3.92. The second-order valence-electron chi connectivity index (χ2n) is 13.7. The first kappa shape index (κ1) is 32.9. The van der Waals surface area contributed by atoms with Crippen molar-refractivity contribution < 1.29 is 0 Å². The molecule has 1 heteroatoms. The van der Waals surface area contributed by atoms with Gasteiger partial charge < -0.3 is 4.90 Å². The van der Waals surface area contributed by atoms with Gasteiger partial charge in [-0.1, -0.05) is 170 Å². The standard InChI is InChI=1S/C53H39N/c1-3-13-38-26-33-52-51(46(38)4-2)32-27-41-20-21-42(36-53(41)52)37-22-28-44(29-23-37)54(43-16-9-6-10-17-43)45-30-24-40(25-31-45)48-35-34-47(39-14-7-5-8-15-39)49-18-11-12-19-50(48)49/h3-36H,1H2,2H3/b38-13-,46-4+. The molecule has 0 aliphatic heterocycles. The van der Waals surface area contributed by atoms with Gasteiger partial charge in [-0.25, -0.2) is 0 Å². The first-order chi connectivity index (χ1) is 26.7. The average Bonchev–Trinajstić information content (AvgIpc) is 3.24. The molecule has 256 valence electrons. The van der Waals surface area contributed by atoms with Gasteiger partial charge in [0.1, 0.15) is 0 Å². The van der Waals surface area contributed by atoms with Crippen molar-refractivity contribution in [2.24, 2.45) is 0 Å². The van der Waals surface area contributed by atoms with E-state index in [0.717, 1.165) is 17.1 Å². The Hall–Kier alpha value is -6.96. The van der Waals surface area contributed by atoms with Gasteiger partial charge in [-0.15, -0.1) is 0 Å². The van der Waals surface area contributed by atoms with Crippen molar-refractivity contribution in [1.82, 2.24) is 0 Å². The van der Waals surface area contributed by atoms with Gasteiger partial charge in [0.05, 0.1) is 0 Å². The number of allylic oxidation sites excluding steroid dienone is 1. The van der Waals surface area contributed by atoms with Gasteiger partial charge in [-0.3, -0.25) is 0 Å². The average molecular weight is 690 g/mol. The molecule has 1 nitrogen and oxygen atoms in total. The lowest BCUT2D eigenvalue weighted by atomic mass is 9.92. The Kier molecular flexibility index (Phi) is 8.67. The fraction of sp³-hybridized carbons (Fsp3) is 0.0189. The molecular weight excluding hydrogens is 651 g/mol. The van der Waals surface area contributed by atoms with Crippen LogP contribution >= 0.6 is 0 Å². The molecule has 0 atom stereocenters. The Morgan fingerprint density at radius 1 is 0.407 bits per heavy atom. The maximum Gasteiger partial charge on any atom is 0.0462 e. The molecule has 0 N–H and O–H groups in total. The smallest absolute Gasteiger partial charge is 0.0462 e. The van der Waals surface area contributed by atoms with Gasteiger partial charge >= 0.3 is 0 Å². The van der Waals surface area contributed by atoms with Gasteiger partial charge in [0, 0.05) is 17.1 Å². The molecule has 0 unspecified atom stereocenters. The number of hydrogen-bond acceptors (Lipinski definition) is 1. The van der Waals surface area contributed by atoms with E-state index >= 15 is 0 Å². The molecule has 0 aliphatic rings. The van der Waals surface area contributed by atoms with Crippen LogP contribution in [0.2, 0.25) is 0 Å². The minimum absolute atomic E-state index is 1.11. The van der Waals surface area contributed by atoms with Gasteiger partial charge in [-0.05, 0) is 126 Å². The Balaban J connectivity index is 1.08.